The van der Waals surface area contributed by atoms with Gasteiger partial charge in [-0.25, -0.2) is 4.39 Å². The number of carboxylic acid groups (broad SMARTS) is 1. The Hall–Kier alpha value is -1.91. The molecule has 0 bridgehead atoms. The van der Waals surface area contributed by atoms with Gasteiger partial charge < -0.3 is 10.0 Å². The maximum absolute atomic E-state index is 12.9. The Bertz CT molecular complexity index is 495. The van der Waals surface area contributed by atoms with Crippen molar-refractivity contribution in [3.8, 4) is 0 Å². The molecule has 1 aromatic rings. The molecule has 0 aliphatic heterocycles. The van der Waals surface area contributed by atoms with E-state index in [4.69, 9.17) is 5.11 Å². The van der Waals surface area contributed by atoms with Gasteiger partial charge in [-0.3, -0.25) is 9.59 Å². The summed E-state index contributed by atoms with van der Waals surface area (Å²) < 4.78 is 12.9. The molecule has 0 unspecified atom stereocenters. The summed E-state index contributed by atoms with van der Waals surface area (Å²) in [7, 11) is 0. The zero-order valence-corrected chi connectivity index (χ0v) is 11.9. The highest BCUT2D eigenvalue weighted by Crippen LogP contribution is 2.26. The molecule has 1 aromatic carbocycles. The van der Waals surface area contributed by atoms with Crippen molar-refractivity contribution in [1.29, 1.82) is 0 Å². The Labute approximate surface area is 123 Å². The van der Waals surface area contributed by atoms with Crippen LogP contribution in [0.3, 0.4) is 0 Å². The van der Waals surface area contributed by atoms with Crippen molar-refractivity contribution < 1.29 is 19.1 Å². The van der Waals surface area contributed by atoms with E-state index in [0.717, 1.165) is 37.7 Å². The molecule has 0 aromatic heterocycles. The van der Waals surface area contributed by atoms with E-state index in [9.17, 15) is 14.0 Å². The second kappa shape index (κ2) is 7.20. The van der Waals surface area contributed by atoms with Crippen LogP contribution in [0.4, 0.5) is 4.39 Å². The monoisotopic (exact) mass is 293 g/mol. The summed E-state index contributed by atoms with van der Waals surface area (Å²) in [5.74, 6) is -1.54. The first kappa shape index (κ1) is 15.5. The smallest absolute Gasteiger partial charge is 0.323 e. The first-order valence-electron chi connectivity index (χ1n) is 7.31. The molecule has 1 fully saturated rings. The highest BCUT2D eigenvalue weighted by atomic mass is 19.1. The summed E-state index contributed by atoms with van der Waals surface area (Å²) >= 11 is 0. The van der Waals surface area contributed by atoms with E-state index < -0.39 is 5.97 Å². The fraction of sp³-hybridized carbons (Fsp3) is 0.500. The van der Waals surface area contributed by atoms with Crippen molar-refractivity contribution in [1.82, 2.24) is 4.90 Å². The number of benzene rings is 1. The van der Waals surface area contributed by atoms with Crippen molar-refractivity contribution in [3.05, 3.63) is 35.6 Å². The van der Waals surface area contributed by atoms with Gasteiger partial charge in [-0.1, -0.05) is 31.4 Å². The number of hydrogen-bond donors (Lipinski definition) is 1. The number of halogens is 1. The Morgan fingerprint density at radius 1 is 1.14 bits per heavy atom. The Balaban J connectivity index is 2.07. The van der Waals surface area contributed by atoms with Crippen LogP contribution < -0.4 is 0 Å². The number of hydrogen-bond acceptors (Lipinski definition) is 2. The number of carbonyl (C=O) groups excluding carboxylic acids is 1. The number of nitrogens with zero attached hydrogens (tertiary/aromatic N) is 1. The molecule has 1 aliphatic carbocycles. The molecule has 1 saturated carbocycles. The zero-order chi connectivity index (χ0) is 15.2. The normalized spacial score (nSPS) is 15.7. The first-order valence-corrected chi connectivity index (χ1v) is 7.31. The van der Waals surface area contributed by atoms with Crippen LogP contribution in [-0.2, 0) is 16.1 Å². The fourth-order valence-corrected chi connectivity index (χ4v) is 2.79. The molecule has 1 amide bonds. The maximum Gasteiger partial charge on any atom is 0.323 e. The minimum Gasteiger partial charge on any atom is -0.480 e. The lowest BCUT2D eigenvalue weighted by molar-refractivity contribution is -0.147. The molecular formula is C16H20FNO3. The van der Waals surface area contributed by atoms with Crippen LogP contribution in [-0.4, -0.2) is 28.4 Å². The second-order valence-electron chi connectivity index (χ2n) is 5.55. The highest BCUT2D eigenvalue weighted by Gasteiger charge is 2.27. The van der Waals surface area contributed by atoms with Crippen LogP contribution >= 0.6 is 0 Å². The SMILES string of the molecule is O=C(O)CN(Cc1ccc(F)cc1)C(=O)C1CCCCC1. The Morgan fingerprint density at radius 3 is 2.33 bits per heavy atom. The van der Waals surface area contributed by atoms with Gasteiger partial charge in [0.05, 0.1) is 0 Å². The molecule has 0 heterocycles. The number of rotatable bonds is 5. The van der Waals surface area contributed by atoms with E-state index >= 15 is 0 Å². The van der Waals surface area contributed by atoms with Gasteiger partial charge in [0.15, 0.2) is 0 Å². The minimum absolute atomic E-state index is 0.0708. The predicted octanol–water partition coefficient (Wildman–Crippen LogP) is 2.82. The lowest BCUT2D eigenvalue weighted by atomic mass is 9.88. The van der Waals surface area contributed by atoms with E-state index in [-0.39, 0.29) is 30.7 Å². The van der Waals surface area contributed by atoms with Crippen molar-refractivity contribution in [3.63, 3.8) is 0 Å². The predicted molar refractivity (Wildman–Crippen MR) is 76.0 cm³/mol. The number of carbonyl (C=O) groups is 2. The summed E-state index contributed by atoms with van der Waals surface area (Å²) in [5, 5.41) is 9.00. The molecule has 0 radical (unpaired) electrons. The van der Waals surface area contributed by atoms with Crippen molar-refractivity contribution in [2.24, 2.45) is 5.92 Å². The molecule has 21 heavy (non-hydrogen) atoms. The number of amides is 1. The van der Waals surface area contributed by atoms with Gasteiger partial charge in [-0.2, -0.15) is 0 Å². The maximum atomic E-state index is 12.9. The summed E-state index contributed by atoms with van der Waals surface area (Å²) in [6, 6.07) is 5.80. The fourth-order valence-electron chi connectivity index (χ4n) is 2.79. The molecule has 114 valence electrons. The second-order valence-corrected chi connectivity index (χ2v) is 5.55. The molecular weight excluding hydrogens is 273 g/mol. The quantitative estimate of drug-likeness (QED) is 0.908. The summed E-state index contributed by atoms with van der Waals surface area (Å²) in [6.07, 6.45) is 4.85. The topological polar surface area (TPSA) is 57.6 Å². The standard InChI is InChI=1S/C16H20FNO3/c17-14-8-6-12(7-9-14)10-18(11-15(19)20)16(21)13-4-2-1-3-5-13/h6-9,13H,1-5,10-11H2,(H,19,20). The van der Waals surface area contributed by atoms with Crippen molar-refractivity contribution >= 4 is 11.9 Å². The summed E-state index contributed by atoms with van der Waals surface area (Å²) in [4.78, 5) is 24.8. The van der Waals surface area contributed by atoms with Crippen LogP contribution in [0.1, 0.15) is 37.7 Å². The largest absolute Gasteiger partial charge is 0.480 e. The van der Waals surface area contributed by atoms with Gasteiger partial charge in [-0.15, -0.1) is 0 Å². The van der Waals surface area contributed by atoms with Crippen LogP contribution in [0.5, 0.6) is 0 Å². The van der Waals surface area contributed by atoms with Gasteiger partial charge in [0, 0.05) is 12.5 Å². The molecule has 0 atom stereocenters. The third kappa shape index (κ3) is 4.55. The molecule has 2 rings (SSSR count). The van der Waals surface area contributed by atoms with Gasteiger partial charge in [0.2, 0.25) is 5.91 Å². The Kier molecular flexibility index (Phi) is 5.31. The summed E-state index contributed by atoms with van der Waals surface area (Å²) in [6.45, 7) is -0.103. The third-order valence-corrected chi connectivity index (χ3v) is 3.88. The first-order chi connectivity index (χ1) is 10.1. The van der Waals surface area contributed by atoms with Gasteiger partial charge in [0.1, 0.15) is 12.4 Å². The van der Waals surface area contributed by atoms with Crippen LogP contribution in [0.2, 0.25) is 0 Å². The number of carboxylic acids is 1. The van der Waals surface area contributed by atoms with E-state index in [1.165, 1.54) is 17.0 Å². The molecule has 4 nitrogen and oxygen atoms in total. The Morgan fingerprint density at radius 2 is 1.76 bits per heavy atom. The van der Waals surface area contributed by atoms with Crippen LogP contribution in [0.25, 0.3) is 0 Å². The van der Waals surface area contributed by atoms with Gasteiger partial charge in [0.25, 0.3) is 0 Å². The van der Waals surface area contributed by atoms with E-state index in [1.807, 2.05) is 0 Å². The lowest BCUT2D eigenvalue weighted by Gasteiger charge is -2.28. The van der Waals surface area contributed by atoms with Crippen LogP contribution in [0.15, 0.2) is 24.3 Å². The van der Waals surface area contributed by atoms with Gasteiger partial charge in [-0.05, 0) is 30.5 Å². The van der Waals surface area contributed by atoms with E-state index in [0.29, 0.717) is 0 Å². The molecule has 1 N–H and O–H groups in total. The molecule has 0 spiro atoms. The van der Waals surface area contributed by atoms with Gasteiger partial charge >= 0.3 is 5.97 Å². The third-order valence-electron chi connectivity index (χ3n) is 3.88. The molecule has 1 aliphatic rings. The van der Waals surface area contributed by atoms with Crippen LogP contribution in [0, 0.1) is 11.7 Å². The molecule has 0 saturated heterocycles. The summed E-state index contributed by atoms with van der Waals surface area (Å²) in [5.41, 5.74) is 0.738. The lowest BCUT2D eigenvalue weighted by Crippen LogP contribution is -2.39. The van der Waals surface area contributed by atoms with Crippen molar-refractivity contribution in [2.75, 3.05) is 6.54 Å². The van der Waals surface area contributed by atoms with E-state index in [2.05, 4.69) is 0 Å². The minimum atomic E-state index is -1.03. The average Bonchev–Trinajstić information content (AvgIpc) is 2.48. The number of aliphatic carboxylic acids is 1. The average molecular weight is 293 g/mol. The van der Waals surface area contributed by atoms with Crippen molar-refractivity contribution in [2.45, 2.75) is 38.6 Å². The van der Waals surface area contributed by atoms with E-state index in [1.54, 1.807) is 12.1 Å². The zero-order valence-electron chi connectivity index (χ0n) is 11.9. The molecule has 5 heteroatoms. The highest BCUT2D eigenvalue weighted by molar-refractivity contribution is 5.83.